The summed E-state index contributed by atoms with van der Waals surface area (Å²) in [6, 6.07) is 16.6. The second-order valence-electron chi connectivity index (χ2n) is 8.24. The van der Waals surface area contributed by atoms with Crippen molar-refractivity contribution in [2.75, 3.05) is 20.2 Å². The Bertz CT molecular complexity index is 1010. The van der Waals surface area contributed by atoms with E-state index < -0.39 is 5.41 Å². The zero-order chi connectivity index (χ0) is 21.8. The SMILES string of the molecule is COC(=O)C1(c2ccccc2)CCN(Cc2cncn2[C@H](C)c2ccc(F)cc2)CC1. The van der Waals surface area contributed by atoms with Crippen molar-refractivity contribution < 1.29 is 13.9 Å². The predicted molar refractivity (Wildman–Crippen MR) is 117 cm³/mol. The standard InChI is InChI=1S/C25H28FN3O2/c1-19(20-8-10-22(26)11-9-20)29-18-27-16-23(29)17-28-14-12-25(13-15-28,24(30)31-2)21-6-4-3-5-7-21/h3-11,16,18-19H,12-15,17H2,1-2H3/t19-/m1/s1. The molecule has 0 aliphatic carbocycles. The third-order valence-corrected chi connectivity index (χ3v) is 6.51. The normalized spacial score (nSPS) is 17.3. The van der Waals surface area contributed by atoms with Gasteiger partial charge in [-0.2, -0.15) is 0 Å². The number of esters is 1. The first-order valence-corrected chi connectivity index (χ1v) is 10.7. The van der Waals surface area contributed by atoms with Crippen molar-refractivity contribution in [1.29, 1.82) is 0 Å². The Labute approximate surface area is 182 Å². The van der Waals surface area contributed by atoms with Crippen LogP contribution < -0.4 is 0 Å². The van der Waals surface area contributed by atoms with Gasteiger partial charge in [-0.05, 0) is 56.1 Å². The molecule has 2 aromatic carbocycles. The van der Waals surface area contributed by atoms with E-state index in [0.29, 0.717) is 12.8 Å². The number of methoxy groups -OCH3 is 1. The number of hydrogen-bond acceptors (Lipinski definition) is 4. The highest BCUT2D eigenvalue weighted by Crippen LogP contribution is 2.37. The van der Waals surface area contributed by atoms with E-state index in [1.807, 2.05) is 55.0 Å². The molecule has 0 bridgehead atoms. The number of imidazole rings is 1. The summed E-state index contributed by atoms with van der Waals surface area (Å²) in [7, 11) is 1.47. The molecule has 162 valence electrons. The maximum absolute atomic E-state index is 13.3. The van der Waals surface area contributed by atoms with E-state index in [1.165, 1.54) is 19.2 Å². The highest BCUT2D eigenvalue weighted by atomic mass is 19.1. The second-order valence-corrected chi connectivity index (χ2v) is 8.24. The number of ether oxygens (including phenoxy) is 1. The monoisotopic (exact) mass is 421 g/mol. The van der Waals surface area contributed by atoms with Crippen molar-refractivity contribution in [3.63, 3.8) is 0 Å². The Morgan fingerprint density at radius 1 is 1.13 bits per heavy atom. The maximum atomic E-state index is 13.3. The van der Waals surface area contributed by atoms with Crippen molar-refractivity contribution in [1.82, 2.24) is 14.5 Å². The van der Waals surface area contributed by atoms with Gasteiger partial charge in [0.2, 0.25) is 0 Å². The van der Waals surface area contributed by atoms with Gasteiger partial charge in [-0.15, -0.1) is 0 Å². The molecule has 2 heterocycles. The lowest BCUT2D eigenvalue weighted by molar-refractivity contribution is -0.149. The van der Waals surface area contributed by atoms with Crippen LogP contribution in [0.5, 0.6) is 0 Å². The van der Waals surface area contributed by atoms with Crippen LogP contribution in [0.15, 0.2) is 67.1 Å². The minimum atomic E-state index is -0.589. The van der Waals surface area contributed by atoms with Gasteiger partial charge >= 0.3 is 5.97 Å². The molecule has 31 heavy (non-hydrogen) atoms. The van der Waals surface area contributed by atoms with E-state index in [0.717, 1.165) is 36.5 Å². The molecule has 0 N–H and O–H groups in total. The van der Waals surface area contributed by atoms with E-state index in [1.54, 1.807) is 0 Å². The Morgan fingerprint density at radius 3 is 2.45 bits per heavy atom. The first-order valence-electron chi connectivity index (χ1n) is 10.7. The van der Waals surface area contributed by atoms with Gasteiger partial charge in [-0.3, -0.25) is 9.69 Å². The topological polar surface area (TPSA) is 47.4 Å². The van der Waals surface area contributed by atoms with Crippen LogP contribution in [-0.4, -0.2) is 40.6 Å². The Kier molecular flexibility index (Phi) is 6.18. The molecule has 0 amide bonds. The highest BCUT2D eigenvalue weighted by molar-refractivity contribution is 5.83. The molecule has 1 aliphatic heterocycles. The van der Waals surface area contributed by atoms with Gasteiger partial charge < -0.3 is 9.30 Å². The summed E-state index contributed by atoms with van der Waals surface area (Å²) in [5.41, 5.74) is 2.57. The Morgan fingerprint density at radius 2 is 1.81 bits per heavy atom. The number of piperidine rings is 1. The minimum absolute atomic E-state index is 0.0568. The number of nitrogens with zero attached hydrogens (tertiary/aromatic N) is 3. The van der Waals surface area contributed by atoms with Crippen molar-refractivity contribution in [2.24, 2.45) is 0 Å². The molecular formula is C25H28FN3O2. The van der Waals surface area contributed by atoms with E-state index in [9.17, 15) is 9.18 Å². The van der Waals surface area contributed by atoms with E-state index in [-0.39, 0.29) is 17.8 Å². The lowest BCUT2D eigenvalue weighted by Crippen LogP contribution is -2.47. The fourth-order valence-corrected chi connectivity index (χ4v) is 4.59. The molecule has 5 nitrogen and oxygen atoms in total. The van der Waals surface area contributed by atoms with Crippen LogP contribution in [0.2, 0.25) is 0 Å². The van der Waals surface area contributed by atoms with Gasteiger partial charge in [0.05, 0.1) is 30.6 Å². The number of halogens is 1. The molecule has 0 spiro atoms. The summed E-state index contributed by atoms with van der Waals surface area (Å²) in [6.07, 6.45) is 5.14. The third-order valence-electron chi connectivity index (χ3n) is 6.51. The summed E-state index contributed by atoms with van der Waals surface area (Å²) in [5, 5.41) is 0. The molecule has 0 radical (unpaired) electrons. The number of rotatable bonds is 6. The molecule has 1 aromatic heterocycles. The molecule has 0 unspecified atom stereocenters. The molecule has 0 saturated carbocycles. The van der Waals surface area contributed by atoms with Gasteiger partial charge in [-0.1, -0.05) is 42.5 Å². The van der Waals surface area contributed by atoms with Crippen LogP contribution in [0.4, 0.5) is 4.39 Å². The van der Waals surface area contributed by atoms with Gasteiger partial charge in [-0.25, -0.2) is 9.37 Å². The van der Waals surface area contributed by atoms with E-state index >= 15 is 0 Å². The van der Waals surface area contributed by atoms with Crippen molar-refractivity contribution >= 4 is 5.97 Å². The number of hydrogen-bond donors (Lipinski definition) is 0. The highest BCUT2D eigenvalue weighted by Gasteiger charge is 2.43. The van der Waals surface area contributed by atoms with Crippen LogP contribution in [-0.2, 0) is 21.5 Å². The summed E-state index contributed by atoms with van der Waals surface area (Å²) in [4.78, 5) is 19.5. The summed E-state index contributed by atoms with van der Waals surface area (Å²) in [6.45, 7) is 4.42. The van der Waals surface area contributed by atoms with Crippen LogP contribution >= 0.6 is 0 Å². The largest absolute Gasteiger partial charge is 0.468 e. The van der Waals surface area contributed by atoms with Gasteiger partial charge in [0.15, 0.2) is 0 Å². The average Bonchev–Trinajstić information content (AvgIpc) is 3.28. The lowest BCUT2D eigenvalue weighted by Gasteiger charge is -2.40. The Balaban J connectivity index is 1.48. The summed E-state index contributed by atoms with van der Waals surface area (Å²) < 4.78 is 20.6. The van der Waals surface area contributed by atoms with Crippen LogP contribution in [0, 0.1) is 5.82 Å². The molecule has 1 saturated heterocycles. The molecular weight excluding hydrogens is 393 g/mol. The van der Waals surface area contributed by atoms with Crippen LogP contribution in [0.3, 0.4) is 0 Å². The third kappa shape index (κ3) is 4.26. The summed E-state index contributed by atoms with van der Waals surface area (Å²) in [5.74, 6) is -0.393. The van der Waals surface area contributed by atoms with Gasteiger partial charge in [0.25, 0.3) is 0 Å². The number of carbonyl (C=O) groups is 1. The zero-order valence-electron chi connectivity index (χ0n) is 18.0. The van der Waals surface area contributed by atoms with Crippen LogP contribution in [0.25, 0.3) is 0 Å². The second kappa shape index (κ2) is 9.02. The van der Waals surface area contributed by atoms with E-state index in [2.05, 4.69) is 21.4 Å². The molecule has 3 aromatic rings. The fourth-order valence-electron chi connectivity index (χ4n) is 4.59. The first kappa shape index (κ1) is 21.2. The number of likely N-dealkylation sites (tertiary alicyclic amines) is 1. The number of aromatic nitrogens is 2. The molecule has 1 fully saturated rings. The fraction of sp³-hybridized carbons (Fsp3) is 0.360. The molecule has 6 heteroatoms. The number of carbonyl (C=O) groups excluding carboxylic acids is 1. The first-order chi connectivity index (χ1) is 15.0. The molecule has 1 atom stereocenters. The predicted octanol–water partition coefficient (Wildman–Crippen LogP) is 4.34. The quantitative estimate of drug-likeness (QED) is 0.556. The van der Waals surface area contributed by atoms with E-state index in [4.69, 9.17) is 4.74 Å². The van der Waals surface area contributed by atoms with Crippen LogP contribution in [0.1, 0.15) is 42.6 Å². The van der Waals surface area contributed by atoms with Crippen molar-refractivity contribution in [2.45, 2.75) is 37.8 Å². The molecule has 1 aliphatic rings. The maximum Gasteiger partial charge on any atom is 0.316 e. The van der Waals surface area contributed by atoms with Gasteiger partial charge in [0, 0.05) is 12.7 Å². The average molecular weight is 422 g/mol. The van der Waals surface area contributed by atoms with Crippen molar-refractivity contribution in [3.05, 3.63) is 89.8 Å². The van der Waals surface area contributed by atoms with Gasteiger partial charge in [0.1, 0.15) is 5.82 Å². The lowest BCUT2D eigenvalue weighted by atomic mass is 9.72. The smallest absolute Gasteiger partial charge is 0.316 e. The molecule has 4 rings (SSSR count). The zero-order valence-corrected chi connectivity index (χ0v) is 18.0. The van der Waals surface area contributed by atoms with Crippen molar-refractivity contribution in [3.8, 4) is 0 Å². The minimum Gasteiger partial charge on any atom is -0.468 e. The summed E-state index contributed by atoms with van der Waals surface area (Å²) >= 11 is 0. The Hall–Kier alpha value is -2.99. The number of benzene rings is 2.